The Balaban J connectivity index is 3.01. The fourth-order valence-electron chi connectivity index (χ4n) is 1.86. The van der Waals surface area contributed by atoms with Crippen LogP contribution in [0.1, 0.15) is 30.6 Å². The predicted molar refractivity (Wildman–Crippen MR) is 76.4 cm³/mol. The van der Waals surface area contributed by atoms with Crippen molar-refractivity contribution >= 4 is 11.9 Å². The Morgan fingerprint density at radius 2 is 1.83 bits per heavy atom. The second-order valence-corrected chi connectivity index (χ2v) is 5.45. The van der Waals surface area contributed by atoms with E-state index in [2.05, 4.69) is 10.1 Å². The van der Waals surface area contributed by atoms with E-state index in [9.17, 15) is 27.2 Å². The minimum atomic E-state index is -4.78. The Bertz CT molecular complexity index is 593. The first-order chi connectivity index (χ1) is 11.0. The lowest BCUT2D eigenvalue weighted by molar-refractivity contribution is -0.253. The predicted octanol–water partition coefficient (Wildman–Crippen LogP) is 3.15. The van der Waals surface area contributed by atoms with Gasteiger partial charge in [0.25, 0.3) is 5.91 Å². The largest absolute Gasteiger partial charge is 0.480 e. The zero-order valence-electron chi connectivity index (χ0n) is 12.9. The molecule has 0 aliphatic carbocycles. The quantitative estimate of drug-likeness (QED) is 0.706. The van der Waals surface area contributed by atoms with Gasteiger partial charge >= 0.3 is 18.5 Å². The lowest BCUT2D eigenvalue weighted by Gasteiger charge is -2.20. The van der Waals surface area contributed by atoms with Crippen LogP contribution in [0.4, 0.5) is 17.6 Å². The van der Waals surface area contributed by atoms with Crippen molar-refractivity contribution < 1.29 is 37.0 Å². The van der Waals surface area contributed by atoms with Crippen LogP contribution in [-0.4, -0.2) is 35.6 Å². The van der Waals surface area contributed by atoms with E-state index in [0.717, 1.165) is 12.1 Å². The van der Waals surface area contributed by atoms with Crippen molar-refractivity contribution in [2.45, 2.75) is 38.8 Å². The van der Waals surface area contributed by atoms with Gasteiger partial charge in [-0.15, -0.1) is 0 Å². The van der Waals surface area contributed by atoms with Crippen LogP contribution in [0, 0.1) is 5.92 Å². The van der Waals surface area contributed by atoms with Crippen molar-refractivity contribution in [3.8, 4) is 5.75 Å². The Morgan fingerprint density at radius 1 is 1.25 bits per heavy atom. The highest BCUT2D eigenvalue weighted by atomic mass is 19.3. The SMILES string of the molecule is CC(C)C[C@H](NC(=O)c1ccccc1OC(F)(F)C(F)F)C(=O)O. The molecule has 24 heavy (non-hydrogen) atoms. The molecule has 0 radical (unpaired) electrons. The van der Waals surface area contributed by atoms with Crippen molar-refractivity contribution in [3.63, 3.8) is 0 Å². The van der Waals surface area contributed by atoms with Crippen LogP contribution >= 0.6 is 0 Å². The number of para-hydroxylation sites is 1. The first-order valence-corrected chi connectivity index (χ1v) is 7.02. The van der Waals surface area contributed by atoms with Gasteiger partial charge in [0.2, 0.25) is 0 Å². The molecule has 1 atom stereocenters. The molecule has 0 saturated carbocycles. The lowest BCUT2D eigenvalue weighted by atomic mass is 10.0. The molecule has 9 heteroatoms. The van der Waals surface area contributed by atoms with Gasteiger partial charge in [-0.2, -0.15) is 17.6 Å². The topological polar surface area (TPSA) is 75.6 Å². The third-order valence-electron chi connectivity index (χ3n) is 2.94. The molecule has 2 N–H and O–H groups in total. The zero-order valence-corrected chi connectivity index (χ0v) is 12.9. The summed E-state index contributed by atoms with van der Waals surface area (Å²) in [5, 5.41) is 11.2. The highest BCUT2D eigenvalue weighted by Gasteiger charge is 2.44. The Morgan fingerprint density at radius 3 is 2.33 bits per heavy atom. The monoisotopic (exact) mass is 351 g/mol. The van der Waals surface area contributed by atoms with Crippen LogP contribution in [0.3, 0.4) is 0 Å². The lowest BCUT2D eigenvalue weighted by Crippen LogP contribution is -2.42. The molecule has 1 amide bonds. The summed E-state index contributed by atoms with van der Waals surface area (Å²) in [5.74, 6) is -3.13. The summed E-state index contributed by atoms with van der Waals surface area (Å²) in [5.41, 5.74) is -0.465. The molecule has 1 aromatic carbocycles. The first-order valence-electron chi connectivity index (χ1n) is 7.02. The van der Waals surface area contributed by atoms with E-state index in [1.807, 2.05) is 0 Å². The molecule has 0 spiro atoms. The Kier molecular flexibility index (Phi) is 6.56. The highest BCUT2D eigenvalue weighted by Crippen LogP contribution is 2.29. The number of hydrogen-bond acceptors (Lipinski definition) is 3. The molecule has 1 rings (SSSR count). The molecule has 0 aliphatic rings. The third kappa shape index (κ3) is 5.39. The van der Waals surface area contributed by atoms with E-state index in [-0.39, 0.29) is 12.3 Å². The molecular weight excluding hydrogens is 334 g/mol. The van der Waals surface area contributed by atoms with E-state index in [1.165, 1.54) is 12.1 Å². The van der Waals surface area contributed by atoms with Gasteiger partial charge in [0.15, 0.2) is 0 Å². The van der Waals surface area contributed by atoms with Crippen LogP contribution in [0.5, 0.6) is 5.75 Å². The van der Waals surface area contributed by atoms with Gasteiger partial charge < -0.3 is 15.2 Å². The standard InChI is InChI=1S/C15H17F4NO4/c1-8(2)7-10(13(22)23)20-12(21)9-5-3-4-6-11(9)24-15(18,19)14(16)17/h3-6,8,10,14H,7H2,1-2H3,(H,20,21)(H,22,23)/t10-/m0/s1. The van der Waals surface area contributed by atoms with E-state index >= 15 is 0 Å². The van der Waals surface area contributed by atoms with Crippen molar-refractivity contribution in [2.24, 2.45) is 5.92 Å². The molecule has 0 aliphatic heterocycles. The molecule has 134 valence electrons. The molecule has 0 aromatic heterocycles. The summed E-state index contributed by atoms with van der Waals surface area (Å²) in [7, 11) is 0. The number of aliphatic carboxylic acids is 1. The smallest absolute Gasteiger partial charge is 0.461 e. The number of halogens is 4. The molecule has 5 nitrogen and oxygen atoms in total. The highest BCUT2D eigenvalue weighted by molar-refractivity contribution is 5.98. The number of alkyl halides is 4. The third-order valence-corrected chi connectivity index (χ3v) is 2.94. The number of carbonyl (C=O) groups excluding carboxylic acids is 1. The number of carboxylic acid groups (broad SMARTS) is 1. The van der Waals surface area contributed by atoms with E-state index in [1.54, 1.807) is 13.8 Å². The normalized spacial score (nSPS) is 13.0. The molecular formula is C15H17F4NO4. The number of carbonyl (C=O) groups is 2. The number of nitrogens with one attached hydrogen (secondary N) is 1. The number of benzene rings is 1. The molecule has 1 aromatic rings. The average molecular weight is 351 g/mol. The van der Waals surface area contributed by atoms with Crippen LogP contribution in [0.15, 0.2) is 24.3 Å². The number of ether oxygens (including phenoxy) is 1. The number of rotatable bonds is 8. The van der Waals surface area contributed by atoms with Crippen LogP contribution in [0.2, 0.25) is 0 Å². The van der Waals surface area contributed by atoms with Crippen LogP contribution in [0.25, 0.3) is 0 Å². The van der Waals surface area contributed by atoms with E-state index in [0.29, 0.717) is 0 Å². The Hall–Kier alpha value is -2.32. The maximum absolute atomic E-state index is 13.0. The zero-order chi connectivity index (χ0) is 18.5. The molecule has 0 unspecified atom stereocenters. The second-order valence-electron chi connectivity index (χ2n) is 5.45. The van der Waals surface area contributed by atoms with Gasteiger partial charge in [-0.05, 0) is 24.5 Å². The number of carboxylic acids is 1. The van der Waals surface area contributed by atoms with Crippen LogP contribution in [-0.2, 0) is 4.79 Å². The number of hydrogen-bond donors (Lipinski definition) is 2. The molecule has 0 fully saturated rings. The molecule has 0 saturated heterocycles. The van der Waals surface area contributed by atoms with E-state index < -0.39 is 41.8 Å². The maximum atomic E-state index is 13.0. The van der Waals surface area contributed by atoms with Gasteiger partial charge in [-0.1, -0.05) is 26.0 Å². The van der Waals surface area contributed by atoms with Gasteiger partial charge in [0.1, 0.15) is 11.8 Å². The summed E-state index contributed by atoms with van der Waals surface area (Å²) >= 11 is 0. The fraction of sp³-hybridized carbons (Fsp3) is 0.467. The first kappa shape index (κ1) is 19.7. The molecule has 0 heterocycles. The number of amides is 1. The average Bonchev–Trinajstić information content (AvgIpc) is 2.45. The van der Waals surface area contributed by atoms with Crippen molar-refractivity contribution in [3.05, 3.63) is 29.8 Å². The van der Waals surface area contributed by atoms with E-state index in [4.69, 9.17) is 5.11 Å². The summed E-state index contributed by atoms with van der Waals surface area (Å²) < 4.78 is 54.5. The molecule has 0 bridgehead atoms. The summed E-state index contributed by atoms with van der Waals surface area (Å²) in [4.78, 5) is 23.3. The Labute approximate surface area is 135 Å². The minimum Gasteiger partial charge on any atom is -0.480 e. The maximum Gasteiger partial charge on any atom is 0.461 e. The van der Waals surface area contributed by atoms with Crippen molar-refractivity contribution in [1.82, 2.24) is 5.32 Å². The summed E-state index contributed by atoms with van der Waals surface area (Å²) in [6.07, 6.45) is -8.75. The van der Waals surface area contributed by atoms with Crippen LogP contribution < -0.4 is 10.1 Å². The minimum absolute atomic E-state index is 0.0546. The van der Waals surface area contributed by atoms with Crippen molar-refractivity contribution in [1.29, 1.82) is 0 Å². The van der Waals surface area contributed by atoms with Gasteiger partial charge in [-0.3, -0.25) is 4.79 Å². The summed E-state index contributed by atoms with van der Waals surface area (Å²) in [6, 6.07) is 3.27. The van der Waals surface area contributed by atoms with Gasteiger partial charge in [0, 0.05) is 0 Å². The fourth-order valence-corrected chi connectivity index (χ4v) is 1.86. The van der Waals surface area contributed by atoms with Crippen molar-refractivity contribution in [2.75, 3.05) is 0 Å². The second kappa shape index (κ2) is 7.98. The van der Waals surface area contributed by atoms with Gasteiger partial charge in [-0.25, -0.2) is 4.79 Å². The van der Waals surface area contributed by atoms with Gasteiger partial charge in [0.05, 0.1) is 5.56 Å². The summed E-state index contributed by atoms with van der Waals surface area (Å²) in [6.45, 7) is 3.48.